The van der Waals surface area contributed by atoms with E-state index in [-0.39, 0.29) is 30.1 Å². The van der Waals surface area contributed by atoms with E-state index in [0.29, 0.717) is 18.9 Å². The number of anilines is 1. The lowest BCUT2D eigenvalue weighted by Crippen LogP contribution is -2.52. The number of thiazole rings is 1. The van der Waals surface area contributed by atoms with Gasteiger partial charge in [-0.1, -0.05) is 0 Å². The topological polar surface area (TPSA) is 93.1 Å². The Morgan fingerprint density at radius 2 is 2.29 bits per heavy atom. The molecule has 2 aromatic rings. The number of aryl methyl sites for hydroxylation is 1. The normalized spacial score (nSPS) is 28.6. The standard InChI is InChI=1S/C20H24N6OS/c1-11-23-14-5-4-13(10-17(14)28-11)24-19-18-16(7-9-22-20(18)27)26(25-19)15(6-8-21)12-2-3-12/h4-5,10,12,15-16,18-19,24-25H,2-3,6-7,9H2,1H3,(H,22,27)/t15-,16?,18?,19?/m0/s1. The van der Waals surface area contributed by atoms with Crippen molar-refractivity contribution >= 4 is 33.1 Å². The molecule has 3 unspecified atom stereocenters. The summed E-state index contributed by atoms with van der Waals surface area (Å²) in [6.07, 6.45) is 3.57. The van der Waals surface area contributed by atoms with E-state index in [2.05, 4.69) is 38.2 Å². The van der Waals surface area contributed by atoms with Gasteiger partial charge in [0.15, 0.2) is 0 Å². The second-order valence-corrected chi connectivity index (χ2v) is 9.25. The van der Waals surface area contributed by atoms with Crippen LogP contribution in [0, 0.1) is 30.1 Å². The first-order valence-electron chi connectivity index (χ1n) is 9.97. The SMILES string of the molecule is Cc1nc2ccc(NC3NN([C@@H](CC#N)C4CC4)C4CCNC(=O)C34)cc2s1. The Morgan fingerprint density at radius 3 is 3.07 bits per heavy atom. The highest BCUT2D eigenvalue weighted by Gasteiger charge is 2.51. The van der Waals surface area contributed by atoms with Crippen LogP contribution in [0.15, 0.2) is 18.2 Å². The molecular weight excluding hydrogens is 372 g/mol. The largest absolute Gasteiger partial charge is 0.368 e. The highest BCUT2D eigenvalue weighted by atomic mass is 32.1. The molecule has 5 rings (SSSR count). The Labute approximate surface area is 168 Å². The van der Waals surface area contributed by atoms with E-state index in [9.17, 15) is 10.1 Å². The molecule has 28 heavy (non-hydrogen) atoms. The minimum absolute atomic E-state index is 0.0879. The molecule has 7 nitrogen and oxygen atoms in total. The summed E-state index contributed by atoms with van der Waals surface area (Å²) >= 11 is 1.67. The second kappa shape index (κ2) is 6.99. The summed E-state index contributed by atoms with van der Waals surface area (Å²) < 4.78 is 1.14. The molecule has 3 heterocycles. The van der Waals surface area contributed by atoms with Gasteiger partial charge in [-0.25, -0.2) is 15.4 Å². The number of amides is 1. The highest BCUT2D eigenvalue weighted by Crippen LogP contribution is 2.41. The maximum absolute atomic E-state index is 12.7. The van der Waals surface area contributed by atoms with Crippen molar-refractivity contribution in [3.8, 4) is 6.07 Å². The number of aromatic nitrogens is 1. The number of carbonyl (C=O) groups excluding carboxylic acids is 1. The fraction of sp³-hybridized carbons (Fsp3) is 0.550. The van der Waals surface area contributed by atoms with Crippen LogP contribution in [-0.2, 0) is 4.79 Å². The zero-order chi connectivity index (χ0) is 19.3. The summed E-state index contributed by atoms with van der Waals surface area (Å²) in [6, 6.07) is 8.81. The molecule has 4 atom stereocenters. The number of carbonyl (C=O) groups is 1. The molecule has 8 heteroatoms. The van der Waals surface area contributed by atoms with Gasteiger partial charge in [0.25, 0.3) is 0 Å². The van der Waals surface area contributed by atoms with Crippen LogP contribution < -0.4 is 16.1 Å². The molecule has 1 aromatic heterocycles. The zero-order valence-corrected chi connectivity index (χ0v) is 16.6. The summed E-state index contributed by atoms with van der Waals surface area (Å²) in [5.74, 6) is 0.477. The Balaban J connectivity index is 1.42. The highest BCUT2D eigenvalue weighted by molar-refractivity contribution is 7.18. The van der Waals surface area contributed by atoms with Crippen LogP contribution >= 0.6 is 11.3 Å². The molecule has 2 aliphatic heterocycles. The fourth-order valence-corrected chi connectivity index (χ4v) is 5.54. The number of hydrogen-bond donors (Lipinski definition) is 3. The predicted octanol–water partition coefficient (Wildman–Crippen LogP) is 2.36. The van der Waals surface area contributed by atoms with E-state index in [0.717, 1.165) is 27.3 Å². The number of nitriles is 1. The zero-order valence-electron chi connectivity index (χ0n) is 15.8. The summed E-state index contributed by atoms with van der Waals surface area (Å²) in [4.78, 5) is 17.2. The maximum Gasteiger partial charge on any atom is 0.228 e. The number of piperidine rings is 1. The monoisotopic (exact) mass is 396 g/mol. The molecular formula is C20H24N6OS. The lowest BCUT2D eigenvalue weighted by Gasteiger charge is -2.34. The van der Waals surface area contributed by atoms with Crippen LogP contribution in [0.5, 0.6) is 0 Å². The molecule has 1 saturated carbocycles. The molecule has 2 saturated heterocycles. The summed E-state index contributed by atoms with van der Waals surface area (Å²) in [7, 11) is 0. The first-order chi connectivity index (χ1) is 13.6. The molecule has 1 aliphatic carbocycles. The number of nitrogens with zero attached hydrogens (tertiary/aromatic N) is 3. The van der Waals surface area contributed by atoms with Gasteiger partial charge in [0.05, 0.1) is 33.6 Å². The van der Waals surface area contributed by atoms with Gasteiger partial charge in [0.1, 0.15) is 6.17 Å². The smallest absolute Gasteiger partial charge is 0.228 e. The van der Waals surface area contributed by atoms with Crippen molar-refractivity contribution in [1.29, 1.82) is 5.26 Å². The summed E-state index contributed by atoms with van der Waals surface area (Å²) in [6.45, 7) is 2.71. The summed E-state index contributed by atoms with van der Waals surface area (Å²) in [5, 5.41) is 19.2. The number of benzene rings is 1. The number of rotatable bonds is 5. The van der Waals surface area contributed by atoms with E-state index in [4.69, 9.17) is 0 Å². The summed E-state index contributed by atoms with van der Waals surface area (Å²) in [5.41, 5.74) is 5.56. The van der Waals surface area contributed by atoms with Crippen molar-refractivity contribution in [3.05, 3.63) is 23.2 Å². The average molecular weight is 397 g/mol. The minimum atomic E-state index is -0.184. The van der Waals surface area contributed by atoms with Crippen LogP contribution in [0.4, 0.5) is 5.69 Å². The molecule has 1 amide bonds. The van der Waals surface area contributed by atoms with E-state index >= 15 is 0 Å². The van der Waals surface area contributed by atoms with E-state index in [1.807, 2.05) is 19.1 Å². The van der Waals surface area contributed by atoms with Crippen molar-refractivity contribution in [2.24, 2.45) is 11.8 Å². The van der Waals surface area contributed by atoms with Gasteiger partial charge in [-0.2, -0.15) is 5.26 Å². The number of nitrogens with one attached hydrogen (secondary N) is 3. The van der Waals surface area contributed by atoms with Gasteiger partial charge in [-0.15, -0.1) is 11.3 Å². The van der Waals surface area contributed by atoms with E-state index < -0.39 is 0 Å². The quantitative estimate of drug-likeness (QED) is 0.718. The Hall–Kier alpha value is -2.21. The Kier molecular flexibility index (Phi) is 4.46. The van der Waals surface area contributed by atoms with Crippen LogP contribution in [0.2, 0.25) is 0 Å². The van der Waals surface area contributed by atoms with Gasteiger partial charge < -0.3 is 10.6 Å². The van der Waals surface area contributed by atoms with Crippen molar-refractivity contribution in [2.75, 3.05) is 11.9 Å². The van der Waals surface area contributed by atoms with Gasteiger partial charge in [-0.05, 0) is 50.3 Å². The van der Waals surface area contributed by atoms with Crippen LogP contribution in [0.25, 0.3) is 10.2 Å². The number of fused-ring (bicyclic) bond motifs is 2. The van der Waals surface area contributed by atoms with Gasteiger partial charge in [-0.3, -0.25) is 4.79 Å². The lowest BCUT2D eigenvalue weighted by atomic mass is 9.90. The van der Waals surface area contributed by atoms with Gasteiger partial charge >= 0.3 is 0 Å². The van der Waals surface area contributed by atoms with Crippen molar-refractivity contribution in [1.82, 2.24) is 20.7 Å². The maximum atomic E-state index is 12.7. The third-order valence-electron chi connectivity index (χ3n) is 6.10. The molecule has 0 spiro atoms. The predicted molar refractivity (Wildman–Crippen MR) is 108 cm³/mol. The number of hydrazine groups is 1. The van der Waals surface area contributed by atoms with Gasteiger partial charge in [0.2, 0.25) is 5.91 Å². The van der Waals surface area contributed by atoms with Crippen molar-refractivity contribution in [3.63, 3.8) is 0 Å². The minimum Gasteiger partial charge on any atom is -0.368 e. The Bertz CT molecular complexity index is 948. The molecule has 3 fully saturated rings. The lowest BCUT2D eigenvalue weighted by molar-refractivity contribution is -0.128. The van der Waals surface area contributed by atoms with Crippen LogP contribution in [0.3, 0.4) is 0 Å². The second-order valence-electron chi connectivity index (χ2n) is 8.01. The first-order valence-corrected chi connectivity index (χ1v) is 10.8. The first kappa shape index (κ1) is 17.9. The molecule has 146 valence electrons. The van der Waals surface area contributed by atoms with Crippen LogP contribution in [0.1, 0.15) is 30.7 Å². The third-order valence-corrected chi connectivity index (χ3v) is 7.04. The third kappa shape index (κ3) is 3.13. The Morgan fingerprint density at radius 1 is 1.43 bits per heavy atom. The van der Waals surface area contributed by atoms with E-state index in [1.165, 1.54) is 12.8 Å². The number of hydrogen-bond acceptors (Lipinski definition) is 7. The van der Waals surface area contributed by atoms with Crippen LogP contribution in [-0.4, -0.2) is 40.7 Å². The van der Waals surface area contributed by atoms with Crippen molar-refractivity contribution < 1.29 is 4.79 Å². The van der Waals surface area contributed by atoms with Gasteiger partial charge in [0, 0.05) is 24.3 Å². The molecule has 0 bridgehead atoms. The molecule has 1 aromatic carbocycles. The average Bonchev–Trinajstić information content (AvgIpc) is 3.35. The van der Waals surface area contributed by atoms with Crippen molar-refractivity contribution in [2.45, 2.75) is 50.9 Å². The fourth-order valence-electron chi connectivity index (χ4n) is 4.68. The molecule has 3 aliphatic rings. The van der Waals surface area contributed by atoms with E-state index in [1.54, 1.807) is 11.3 Å². The molecule has 0 radical (unpaired) electrons. The molecule has 3 N–H and O–H groups in total.